The minimum Gasteiger partial charge on any atom is -0.464 e. The van der Waals surface area contributed by atoms with E-state index in [-0.39, 0.29) is 19.6 Å². The lowest BCUT2D eigenvalue weighted by atomic mass is 10.2. The van der Waals surface area contributed by atoms with Gasteiger partial charge in [-0.05, 0) is 27.2 Å². The van der Waals surface area contributed by atoms with Gasteiger partial charge in [0.05, 0.1) is 13.2 Å². The van der Waals surface area contributed by atoms with Crippen LogP contribution in [0.5, 0.6) is 0 Å². The Balaban J connectivity index is 4.36. The number of esters is 2. The van der Waals surface area contributed by atoms with Gasteiger partial charge >= 0.3 is 11.9 Å². The van der Waals surface area contributed by atoms with E-state index in [0.717, 1.165) is 0 Å². The number of carbonyl (C=O) groups is 3. The van der Waals surface area contributed by atoms with Crippen LogP contribution in [0.1, 0.15) is 33.6 Å². The van der Waals surface area contributed by atoms with Crippen molar-refractivity contribution in [3.8, 4) is 0 Å². The summed E-state index contributed by atoms with van der Waals surface area (Å²) >= 11 is 0. The third-order valence-corrected chi connectivity index (χ3v) is 2.25. The van der Waals surface area contributed by atoms with Crippen molar-refractivity contribution in [2.45, 2.75) is 39.7 Å². The Morgan fingerprint density at radius 1 is 0.950 bits per heavy atom. The van der Waals surface area contributed by atoms with Crippen molar-refractivity contribution in [3.05, 3.63) is 0 Å². The monoisotopic (exact) mass is 289 g/mol. The molecule has 0 aromatic heterocycles. The van der Waals surface area contributed by atoms with E-state index < -0.39 is 23.9 Å². The van der Waals surface area contributed by atoms with Gasteiger partial charge < -0.3 is 19.5 Å². The zero-order valence-electron chi connectivity index (χ0n) is 12.3. The molecule has 0 saturated heterocycles. The third kappa shape index (κ3) is 7.73. The minimum atomic E-state index is -1.41. The predicted octanol–water partition coefficient (Wildman–Crippen LogP) is 0.414. The molecule has 0 aliphatic rings. The Morgan fingerprint density at radius 3 is 1.95 bits per heavy atom. The van der Waals surface area contributed by atoms with Crippen molar-refractivity contribution in [1.29, 1.82) is 0 Å². The second-order valence-electron chi connectivity index (χ2n) is 3.81. The van der Waals surface area contributed by atoms with Crippen LogP contribution in [0.2, 0.25) is 0 Å². The highest BCUT2D eigenvalue weighted by atomic mass is 16.6. The molecule has 0 bridgehead atoms. The number of ether oxygens (including phenoxy) is 3. The van der Waals surface area contributed by atoms with Crippen molar-refractivity contribution < 1.29 is 28.6 Å². The zero-order valence-corrected chi connectivity index (χ0v) is 12.3. The van der Waals surface area contributed by atoms with Crippen LogP contribution in [0, 0.1) is 0 Å². The molecule has 0 fully saturated rings. The van der Waals surface area contributed by atoms with Crippen molar-refractivity contribution in [2.24, 2.45) is 0 Å². The molecule has 0 rings (SSSR count). The van der Waals surface area contributed by atoms with Gasteiger partial charge in [-0.3, -0.25) is 4.79 Å². The normalized spacial score (nSPS) is 10.2. The number of hydrogen-bond donors (Lipinski definition) is 1. The van der Waals surface area contributed by atoms with Gasteiger partial charge in [0, 0.05) is 19.6 Å². The number of hydrogen-bond acceptors (Lipinski definition) is 6. The molecule has 7 heteroatoms. The summed E-state index contributed by atoms with van der Waals surface area (Å²) in [5.74, 6) is -2.05. The largest absolute Gasteiger partial charge is 0.464 e. The fourth-order valence-electron chi connectivity index (χ4n) is 1.38. The predicted molar refractivity (Wildman–Crippen MR) is 70.9 cm³/mol. The highest BCUT2D eigenvalue weighted by molar-refractivity contribution is 6.02. The summed E-state index contributed by atoms with van der Waals surface area (Å²) in [6.45, 7) is 6.36. The van der Waals surface area contributed by atoms with E-state index in [9.17, 15) is 14.4 Å². The molecule has 7 nitrogen and oxygen atoms in total. The molecule has 0 spiro atoms. The molecular weight excluding hydrogens is 266 g/mol. The molecule has 0 atom stereocenters. The third-order valence-electron chi connectivity index (χ3n) is 2.25. The first-order valence-corrected chi connectivity index (χ1v) is 6.77. The molecule has 0 radical (unpaired) electrons. The van der Waals surface area contributed by atoms with Crippen LogP contribution < -0.4 is 5.32 Å². The van der Waals surface area contributed by atoms with Gasteiger partial charge in [-0.2, -0.15) is 0 Å². The smallest absolute Gasteiger partial charge is 0.340 e. The van der Waals surface area contributed by atoms with Gasteiger partial charge in [-0.1, -0.05) is 0 Å². The first kappa shape index (κ1) is 18.4. The van der Waals surface area contributed by atoms with E-state index in [0.29, 0.717) is 19.6 Å². The number of nitrogens with one attached hydrogen (secondary N) is 1. The average molecular weight is 289 g/mol. The van der Waals surface area contributed by atoms with Crippen LogP contribution in [0.3, 0.4) is 0 Å². The van der Waals surface area contributed by atoms with Crippen LogP contribution in [-0.2, 0) is 28.6 Å². The molecule has 0 aromatic carbocycles. The molecular formula is C13H23NO6. The Kier molecular flexibility index (Phi) is 10.3. The van der Waals surface area contributed by atoms with Crippen molar-refractivity contribution in [3.63, 3.8) is 0 Å². The van der Waals surface area contributed by atoms with E-state index in [2.05, 4.69) is 5.32 Å². The van der Waals surface area contributed by atoms with Crippen molar-refractivity contribution in [2.75, 3.05) is 26.4 Å². The number of carbonyl (C=O) groups excluding carboxylic acids is 3. The maximum Gasteiger partial charge on any atom is 0.340 e. The van der Waals surface area contributed by atoms with E-state index in [4.69, 9.17) is 14.2 Å². The molecule has 20 heavy (non-hydrogen) atoms. The van der Waals surface area contributed by atoms with Gasteiger partial charge in [-0.25, -0.2) is 9.59 Å². The molecule has 0 aliphatic carbocycles. The molecule has 116 valence electrons. The molecule has 0 aromatic rings. The van der Waals surface area contributed by atoms with Gasteiger partial charge in [0.25, 0.3) is 0 Å². The summed E-state index contributed by atoms with van der Waals surface area (Å²) in [4.78, 5) is 34.9. The maximum absolute atomic E-state index is 11.7. The Labute approximate surface area is 118 Å². The van der Waals surface area contributed by atoms with E-state index in [1.165, 1.54) is 0 Å². The van der Waals surface area contributed by atoms with E-state index in [1.54, 1.807) is 13.8 Å². The highest BCUT2D eigenvalue weighted by Crippen LogP contribution is 1.97. The van der Waals surface area contributed by atoms with Crippen LogP contribution in [0.15, 0.2) is 0 Å². The quantitative estimate of drug-likeness (QED) is 0.356. The first-order valence-electron chi connectivity index (χ1n) is 6.77. The Hall–Kier alpha value is -1.63. The molecule has 1 amide bonds. The standard InChI is InChI=1S/C13H23NO6/c1-4-18-9-7-8-10(15)14-11(12(16)19-5-2)13(17)20-6-3/h11H,4-9H2,1-3H3,(H,14,15). The second kappa shape index (κ2) is 11.2. The van der Waals surface area contributed by atoms with Crippen LogP contribution in [-0.4, -0.2) is 50.3 Å². The summed E-state index contributed by atoms with van der Waals surface area (Å²) in [6, 6.07) is -1.41. The van der Waals surface area contributed by atoms with E-state index >= 15 is 0 Å². The van der Waals surface area contributed by atoms with Crippen molar-refractivity contribution >= 4 is 17.8 Å². The van der Waals surface area contributed by atoms with Gasteiger partial charge in [0.1, 0.15) is 0 Å². The lowest BCUT2D eigenvalue weighted by Crippen LogP contribution is -2.48. The van der Waals surface area contributed by atoms with Gasteiger partial charge in [0.2, 0.25) is 11.9 Å². The van der Waals surface area contributed by atoms with E-state index in [1.807, 2.05) is 6.92 Å². The van der Waals surface area contributed by atoms with Crippen molar-refractivity contribution in [1.82, 2.24) is 5.32 Å². The summed E-state index contributed by atoms with van der Waals surface area (Å²) in [5, 5.41) is 2.32. The topological polar surface area (TPSA) is 90.9 Å². The molecule has 1 N–H and O–H groups in total. The lowest BCUT2D eigenvalue weighted by molar-refractivity contribution is -0.159. The molecule has 0 heterocycles. The summed E-state index contributed by atoms with van der Waals surface area (Å²) in [7, 11) is 0. The van der Waals surface area contributed by atoms with Gasteiger partial charge in [-0.15, -0.1) is 0 Å². The first-order chi connectivity index (χ1) is 9.56. The second-order valence-corrected chi connectivity index (χ2v) is 3.81. The molecule has 0 saturated carbocycles. The molecule has 0 aliphatic heterocycles. The number of amides is 1. The summed E-state index contributed by atoms with van der Waals surface area (Å²) < 4.78 is 14.6. The maximum atomic E-state index is 11.7. The zero-order chi connectivity index (χ0) is 15.4. The SMILES string of the molecule is CCOCCCC(=O)NC(C(=O)OCC)C(=O)OCC. The lowest BCUT2D eigenvalue weighted by Gasteiger charge is -2.15. The van der Waals surface area contributed by atoms with Gasteiger partial charge in [0.15, 0.2) is 0 Å². The summed E-state index contributed by atoms with van der Waals surface area (Å²) in [6.07, 6.45) is 0.674. The highest BCUT2D eigenvalue weighted by Gasteiger charge is 2.30. The van der Waals surface area contributed by atoms with Crippen LogP contribution >= 0.6 is 0 Å². The average Bonchev–Trinajstić information content (AvgIpc) is 2.41. The molecule has 0 unspecified atom stereocenters. The minimum absolute atomic E-state index is 0.120. The van der Waals surface area contributed by atoms with Crippen LogP contribution in [0.4, 0.5) is 0 Å². The fourth-order valence-corrected chi connectivity index (χ4v) is 1.38. The van der Waals surface area contributed by atoms with Crippen LogP contribution in [0.25, 0.3) is 0 Å². The fraction of sp³-hybridized carbons (Fsp3) is 0.769. The Morgan fingerprint density at radius 2 is 1.50 bits per heavy atom. The Bertz CT molecular complexity index is 300. The summed E-state index contributed by atoms with van der Waals surface area (Å²) in [5.41, 5.74) is 0. The number of rotatable bonds is 10.